The molecule has 33 heavy (non-hydrogen) atoms. The van der Waals surface area contributed by atoms with Gasteiger partial charge in [-0.3, -0.25) is 13.9 Å². The largest absolute Gasteiger partial charge is 0.497 e. The minimum atomic E-state index is -0.448. The normalized spacial score (nSPS) is 17.2. The maximum Gasteiger partial charge on any atom is 0.331 e. The monoisotopic (exact) mass is 445 g/mol. The number of rotatable bonds is 3. The van der Waals surface area contributed by atoms with Crippen LogP contribution in [0.25, 0.3) is 22.2 Å². The van der Waals surface area contributed by atoms with Crippen molar-refractivity contribution in [1.29, 1.82) is 0 Å². The van der Waals surface area contributed by atoms with Crippen LogP contribution in [0.4, 0.5) is 0 Å². The summed E-state index contributed by atoms with van der Waals surface area (Å²) in [7, 11) is 4.86. The van der Waals surface area contributed by atoms with Gasteiger partial charge in [0.25, 0.3) is 5.56 Å². The lowest BCUT2D eigenvalue weighted by Crippen LogP contribution is -2.40. The maximum atomic E-state index is 13.6. The number of benzene rings is 2. The summed E-state index contributed by atoms with van der Waals surface area (Å²) in [5.41, 5.74) is 2.93. The van der Waals surface area contributed by atoms with E-state index in [0.717, 1.165) is 28.3 Å². The summed E-state index contributed by atoms with van der Waals surface area (Å²) in [5, 5.41) is 0.513. The van der Waals surface area contributed by atoms with Crippen LogP contribution in [0, 0.1) is 0 Å². The van der Waals surface area contributed by atoms with Gasteiger partial charge in [-0.15, -0.1) is 0 Å². The highest BCUT2D eigenvalue weighted by molar-refractivity contribution is 5.96. The van der Waals surface area contributed by atoms with Crippen LogP contribution < -0.4 is 16.0 Å². The molecule has 1 aliphatic heterocycles. The Hall–Kier alpha value is -3.58. The van der Waals surface area contributed by atoms with Gasteiger partial charge < -0.3 is 14.0 Å². The predicted octanol–water partition coefficient (Wildman–Crippen LogP) is 3.57. The highest BCUT2D eigenvalue weighted by Gasteiger charge is 2.40. The molecule has 0 bridgehead atoms. The molecule has 0 spiro atoms. The van der Waals surface area contributed by atoms with Gasteiger partial charge >= 0.3 is 5.69 Å². The second-order valence-electron chi connectivity index (χ2n) is 9.14. The van der Waals surface area contributed by atoms with E-state index in [9.17, 15) is 9.59 Å². The van der Waals surface area contributed by atoms with Gasteiger partial charge in [-0.25, -0.2) is 4.79 Å². The molecule has 0 saturated heterocycles. The van der Waals surface area contributed by atoms with Crippen molar-refractivity contribution in [1.82, 2.24) is 13.7 Å². The molecule has 2 aromatic heterocycles. The molecule has 2 aromatic carbocycles. The van der Waals surface area contributed by atoms with Crippen LogP contribution in [0.5, 0.6) is 5.75 Å². The molecule has 1 aliphatic rings. The third-order valence-electron chi connectivity index (χ3n) is 6.53. The Morgan fingerprint density at radius 2 is 1.64 bits per heavy atom. The van der Waals surface area contributed by atoms with E-state index in [4.69, 9.17) is 9.47 Å². The molecular formula is C26H27N3O4. The average Bonchev–Trinajstić information content (AvgIpc) is 3.20. The SMILES string of the molecule is COc1ccc(-c2c3c(=O)n(C)c(=O)n(C)c3c3n2C(C)(C)COC3c2ccccc2)cc1. The zero-order valence-corrected chi connectivity index (χ0v) is 19.5. The van der Waals surface area contributed by atoms with Crippen molar-refractivity contribution in [2.75, 3.05) is 13.7 Å². The molecule has 0 radical (unpaired) electrons. The lowest BCUT2D eigenvalue weighted by atomic mass is 9.98. The van der Waals surface area contributed by atoms with E-state index in [0.29, 0.717) is 17.5 Å². The smallest absolute Gasteiger partial charge is 0.331 e. The quantitative estimate of drug-likeness (QED) is 0.484. The summed E-state index contributed by atoms with van der Waals surface area (Å²) < 4.78 is 16.7. The fourth-order valence-electron chi connectivity index (χ4n) is 4.90. The molecule has 7 nitrogen and oxygen atoms in total. The van der Waals surface area contributed by atoms with Gasteiger partial charge in [0.05, 0.1) is 41.5 Å². The number of hydrogen-bond donors (Lipinski definition) is 0. The van der Waals surface area contributed by atoms with Gasteiger partial charge in [-0.1, -0.05) is 30.3 Å². The minimum absolute atomic E-state index is 0.316. The minimum Gasteiger partial charge on any atom is -0.497 e. The number of aromatic nitrogens is 3. The number of aryl methyl sites for hydroxylation is 1. The molecule has 0 fully saturated rings. The highest BCUT2D eigenvalue weighted by Crippen LogP contribution is 2.45. The third-order valence-corrected chi connectivity index (χ3v) is 6.53. The molecule has 170 valence electrons. The second-order valence-corrected chi connectivity index (χ2v) is 9.14. The lowest BCUT2D eigenvalue weighted by Gasteiger charge is -2.39. The van der Waals surface area contributed by atoms with Crippen molar-refractivity contribution in [2.24, 2.45) is 14.1 Å². The van der Waals surface area contributed by atoms with E-state index in [2.05, 4.69) is 18.4 Å². The van der Waals surface area contributed by atoms with E-state index < -0.39 is 11.6 Å². The van der Waals surface area contributed by atoms with Gasteiger partial charge in [0.15, 0.2) is 0 Å². The van der Waals surface area contributed by atoms with Gasteiger partial charge in [0.2, 0.25) is 0 Å². The fourth-order valence-corrected chi connectivity index (χ4v) is 4.90. The van der Waals surface area contributed by atoms with Crippen LogP contribution in [0.2, 0.25) is 0 Å². The first-order valence-electron chi connectivity index (χ1n) is 10.9. The Labute approximate surface area is 191 Å². The first-order valence-corrected chi connectivity index (χ1v) is 10.9. The molecule has 3 heterocycles. The Morgan fingerprint density at radius 3 is 2.27 bits per heavy atom. The van der Waals surface area contributed by atoms with Crippen molar-refractivity contribution in [2.45, 2.75) is 25.5 Å². The van der Waals surface area contributed by atoms with Crippen LogP contribution in [-0.4, -0.2) is 27.4 Å². The summed E-state index contributed by atoms with van der Waals surface area (Å²) in [6.45, 7) is 4.64. The Balaban J connectivity index is 1.99. The predicted molar refractivity (Wildman–Crippen MR) is 128 cm³/mol. The van der Waals surface area contributed by atoms with Crippen LogP contribution in [0.1, 0.15) is 31.2 Å². The topological polar surface area (TPSA) is 67.4 Å². The van der Waals surface area contributed by atoms with E-state index >= 15 is 0 Å². The molecule has 4 aromatic rings. The Bertz CT molecular complexity index is 1470. The molecule has 0 N–H and O–H groups in total. The fraction of sp³-hybridized carbons (Fsp3) is 0.308. The Morgan fingerprint density at radius 1 is 0.970 bits per heavy atom. The van der Waals surface area contributed by atoms with Crippen molar-refractivity contribution < 1.29 is 9.47 Å². The van der Waals surface area contributed by atoms with Crippen molar-refractivity contribution in [3.63, 3.8) is 0 Å². The highest BCUT2D eigenvalue weighted by atomic mass is 16.5. The van der Waals surface area contributed by atoms with Gasteiger partial charge in [-0.05, 0) is 49.2 Å². The number of methoxy groups -OCH3 is 1. The van der Waals surface area contributed by atoms with Crippen LogP contribution in [0.3, 0.4) is 0 Å². The molecular weight excluding hydrogens is 418 g/mol. The maximum absolute atomic E-state index is 13.6. The van der Waals surface area contributed by atoms with E-state index in [1.165, 1.54) is 11.6 Å². The Kier molecular flexibility index (Phi) is 4.83. The summed E-state index contributed by atoms with van der Waals surface area (Å²) in [5.74, 6) is 0.735. The second kappa shape index (κ2) is 7.49. The zero-order chi connectivity index (χ0) is 23.5. The summed E-state index contributed by atoms with van der Waals surface area (Å²) in [4.78, 5) is 26.5. The molecule has 0 amide bonds. The van der Waals surface area contributed by atoms with E-state index in [1.807, 2.05) is 54.6 Å². The molecule has 7 heteroatoms. The van der Waals surface area contributed by atoms with Crippen LogP contribution in [-0.2, 0) is 24.4 Å². The zero-order valence-electron chi connectivity index (χ0n) is 19.5. The van der Waals surface area contributed by atoms with Gasteiger partial charge in [-0.2, -0.15) is 0 Å². The summed E-state index contributed by atoms with van der Waals surface area (Å²) in [6.07, 6.45) is -0.411. The first-order chi connectivity index (χ1) is 15.8. The molecule has 1 unspecified atom stereocenters. The molecule has 0 saturated carbocycles. The average molecular weight is 446 g/mol. The summed E-state index contributed by atoms with van der Waals surface area (Å²) >= 11 is 0. The van der Waals surface area contributed by atoms with Crippen molar-refractivity contribution in [3.05, 3.63) is 86.7 Å². The standard InChI is InChI=1S/C26H27N3O4/c1-26(2)15-33-23(17-9-7-6-8-10-17)22-21-19(24(30)28(4)25(31)27(21)3)20(29(22)26)16-11-13-18(32-5)14-12-16/h6-14,23H,15H2,1-5H3. The van der Waals surface area contributed by atoms with E-state index in [-0.39, 0.29) is 11.2 Å². The third kappa shape index (κ3) is 3.07. The van der Waals surface area contributed by atoms with Gasteiger partial charge in [0.1, 0.15) is 11.9 Å². The number of nitrogens with zero attached hydrogens (tertiary/aromatic N) is 3. The lowest BCUT2D eigenvalue weighted by molar-refractivity contribution is -0.00707. The molecule has 0 aliphatic carbocycles. The molecule has 5 rings (SSSR count). The number of hydrogen-bond acceptors (Lipinski definition) is 4. The summed E-state index contributed by atoms with van der Waals surface area (Å²) in [6, 6.07) is 17.6. The van der Waals surface area contributed by atoms with Crippen molar-refractivity contribution >= 4 is 10.9 Å². The molecule has 1 atom stereocenters. The van der Waals surface area contributed by atoms with E-state index in [1.54, 1.807) is 18.7 Å². The van der Waals surface area contributed by atoms with Crippen LogP contribution >= 0.6 is 0 Å². The van der Waals surface area contributed by atoms with Gasteiger partial charge in [0, 0.05) is 14.1 Å². The van der Waals surface area contributed by atoms with Crippen molar-refractivity contribution in [3.8, 4) is 17.0 Å². The number of fused-ring (bicyclic) bond motifs is 3. The van der Waals surface area contributed by atoms with Crippen LogP contribution in [0.15, 0.2) is 64.2 Å². The number of ether oxygens (including phenoxy) is 2. The first kappa shape index (κ1) is 21.3.